The zero-order valence-electron chi connectivity index (χ0n) is 12.7. The Morgan fingerprint density at radius 1 is 1.32 bits per heavy atom. The van der Waals surface area contributed by atoms with E-state index in [0.717, 1.165) is 50.8 Å². The van der Waals surface area contributed by atoms with E-state index in [4.69, 9.17) is 4.74 Å². The molecule has 0 amide bonds. The Morgan fingerprint density at radius 2 is 2.11 bits per heavy atom. The van der Waals surface area contributed by atoms with Crippen molar-refractivity contribution >= 4 is 5.82 Å². The molecule has 0 aromatic carbocycles. The lowest BCUT2D eigenvalue weighted by Gasteiger charge is -2.19. The van der Waals surface area contributed by atoms with Crippen molar-refractivity contribution in [1.29, 1.82) is 0 Å². The fourth-order valence-corrected chi connectivity index (χ4v) is 1.84. The third-order valence-corrected chi connectivity index (χ3v) is 3.09. The van der Waals surface area contributed by atoms with Crippen LogP contribution in [0.2, 0.25) is 0 Å². The molecule has 0 fully saturated rings. The van der Waals surface area contributed by atoms with Crippen LogP contribution in [-0.2, 0) is 11.3 Å². The standard InChI is InChI=1S/C15H27N3O/c1-5-9-16-12-14-7-8-15(17-13(14)3)18(4)10-11-19-6-2/h7-8,16H,5-6,9-12H2,1-4H3. The highest BCUT2D eigenvalue weighted by atomic mass is 16.5. The van der Waals surface area contributed by atoms with Gasteiger partial charge in [-0.1, -0.05) is 13.0 Å². The first kappa shape index (κ1) is 15.9. The van der Waals surface area contributed by atoms with E-state index in [1.807, 2.05) is 6.92 Å². The summed E-state index contributed by atoms with van der Waals surface area (Å²) in [5.41, 5.74) is 2.37. The summed E-state index contributed by atoms with van der Waals surface area (Å²) >= 11 is 0. The first-order valence-electron chi connectivity index (χ1n) is 7.15. The molecule has 0 saturated heterocycles. The van der Waals surface area contributed by atoms with Crippen molar-refractivity contribution in [3.8, 4) is 0 Å². The number of nitrogens with zero attached hydrogens (tertiary/aromatic N) is 2. The third kappa shape index (κ3) is 5.57. The smallest absolute Gasteiger partial charge is 0.128 e. The van der Waals surface area contributed by atoms with Gasteiger partial charge in [-0.3, -0.25) is 0 Å². The van der Waals surface area contributed by atoms with Gasteiger partial charge in [0.25, 0.3) is 0 Å². The average Bonchev–Trinajstić information content (AvgIpc) is 2.41. The molecule has 0 aliphatic rings. The van der Waals surface area contributed by atoms with Crippen LogP contribution in [-0.4, -0.2) is 38.3 Å². The first-order chi connectivity index (χ1) is 9.19. The Bertz CT molecular complexity index is 368. The molecule has 0 saturated carbocycles. The van der Waals surface area contributed by atoms with Crippen molar-refractivity contribution in [2.75, 3.05) is 38.3 Å². The molecule has 0 aliphatic heterocycles. The lowest BCUT2D eigenvalue weighted by Crippen LogP contribution is -2.24. The van der Waals surface area contributed by atoms with Gasteiger partial charge >= 0.3 is 0 Å². The molecule has 19 heavy (non-hydrogen) atoms. The molecule has 1 aromatic heterocycles. The normalized spacial score (nSPS) is 10.7. The van der Waals surface area contributed by atoms with Gasteiger partial charge in [0.2, 0.25) is 0 Å². The van der Waals surface area contributed by atoms with Gasteiger partial charge in [0.1, 0.15) is 5.82 Å². The maximum absolute atomic E-state index is 5.37. The van der Waals surface area contributed by atoms with Crippen molar-refractivity contribution in [3.05, 3.63) is 23.4 Å². The van der Waals surface area contributed by atoms with Gasteiger partial charge in [0, 0.05) is 32.4 Å². The number of hydrogen-bond donors (Lipinski definition) is 1. The molecule has 108 valence electrons. The Morgan fingerprint density at radius 3 is 2.74 bits per heavy atom. The summed E-state index contributed by atoms with van der Waals surface area (Å²) in [5, 5.41) is 3.41. The van der Waals surface area contributed by atoms with Crippen LogP contribution in [0.4, 0.5) is 5.82 Å². The molecule has 4 nitrogen and oxygen atoms in total. The van der Waals surface area contributed by atoms with Crippen LogP contribution in [0.15, 0.2) is 12.1 Å². The van der Waals surface area contributed by atoms with Gasteiger partial charge in [0.15, 0.2) is 0 Å². The molecule has 1 N–H and O–H groups in total. The zero-order valence-corrected chi connectivity index (χ0v) is 12.7. The van der Waals surface area contributed by atoms with Crippen LogP contribution in [0, 0.1) is 6.92 Å². The van der Waals surface area contributed by atoms with E-state index in [2.05, 4.69) is 48.2 Å². The Hall–Kier alpha value is -1.13. The molecule has 0 radical (unpaired) electrons. The van der Waals surface area contributed by atoms with Gasteiger partial charge in [-0.2, -0.15) is 0 Å². The van der Waals surface area contributed by atoms with Crippen LogP contribution in [0.5, 0.6) is 0 Å². The molecule has 1 rings (SSSR count). The minimum absolute atomic E-state index is 0.744. The molecule has 1 heterocycles. The number of aromatic nitrogens is 1. The van der Waals surface area contributed by atoms with Crippen LogP contribution in [0.1, 0.15) is 31.5 Å². The summed E-state index contributed by atoms with van der Waals surface area (Å²) in [6, 6.07) is 4.25. The van der Waals surface area contributed by atoms with Gasteiger partial charge in [-0.25, -0.2) is 4.98 Å². The second-order valence-electron chi connectivity index (χ2n) is 4.71. The number of likely N-dealkylation sites (N-methyl/N-ethyl adjacent to an activating group) is 1. The molecule has 0 atom stereocenters. The van der Waals surface area contributed by atoms with Gasteiger partial charge in [-0.15, -0.1) is 0 Å². The molecule has 0 spiro atoms. The highest BCUT2D eigenvalue weighted by Crippen LogP contribution is 2.13. The van der Waals surface area contributed by atoms with Crippen LogP contribution in [0.25, 0.3) is 0 Å². The Labute approximate surface area is 117 Å². The third-order valence-electron chi connectivity index (χ3n) is 3.09. The molecule has 0 unspecified atom stereocenters. The first-order valence-corrected chi connectivity index (χ1v) is 7.15. The molecular weight excluding hydrogens is 238 g/mol. The molecule has 0 aliphatic carbocycles. The summed E-state index contributed by atoms with van der Waals surface area (Å²) in [7, 11) is 2.05. The number of hydrogen-bond acceptors (Lipinski definition) is 4. The summed E-state index contributed by atoms with van der Waals surface area (Å²) in [6.45, 7) is 10.6. The minimum Gasteiger partial charge on any atom is -0.380 e. The summed E-state index contributed by atoms with van der Waals surface area (Å²) < 4.78 is 5.37. The number of rotatable bonds is 9. The van der Waals surface area contributed by atoms with Crippen molar-refractivity contribution in [2.45, 2.75) is 33.7 Å². The van der Waals surface area contributed by atoms with Crippen LogP contribution >= 0.6 is 0 Å². The Balaban J connectivity index is 2.54. The lowest BCUT2D eigenvalue weighted by molar-refractivity contribution is 0.154. The van der Waals surface area contributed by atoms with Crippen molar-refractivity contribution in [1.82, 2.24) is 10.3 Å². The zero-order chi connectivity index (χ0) is 14.1. The molecule has 0 bridgehead atoms. The van der Waals surface area contributed by atoms with Gasteiger partial charge in [0.05, 0.1) is 6.61 Å². The predicted octanol–water partition coefficient (Wildman–Crippen LogP) is 2.36. The number of ether oxygens (including phenoxy) is 1. The van der Waals surface area contributed by atoms with E-state index >= 15 is 0 Å². The van der Waals surface area contributed by atoms with Gasteiger partial charge in [-0.05, 0) is 38.4 Å². The number of pyridine rings is 1. The summed E-state index contributed by atoms with van der Waals surface area (Å²) in [6.07, 6.45) is 1.16. The monoisotopic (exact) mass is 265 g/mol. The summed E-state index contributed by atoms with van der Waals surface area (Å²) in [4.78, 5) is 6.79. The second-order valence-corrected chi connectivity index (χ2v) is 4.71. The maximum Gasteiger partial charge on any atom is 0.128 e. The topological polar surface area (TPSA) is 37.4 Å². The molecular formula is C15H27N3O. The largest absolute Gasteiger partial charge is 0.380 e. The average molecular weight is 265 g/mol. The van der Waals surface area contributed by atoms with Crippen LogP contribution < -0.4 is 10.2 Å². The Kier molecular flexibility index (Phi) is 7.45. The van der Waals surface area contributed by atoms with E-state index < -0.39 is 0 Å². The van der Waals surface area contributed by atoms with Crippen LogP contribution in [0.3, 0.4) is 0 Å². The number of nitrogens with one attached hydrogen (secondary N) is 1. The van der Waals surface area contributed by atoms with E-state index in [9.17, 15) is 0 Å². The van der Waals surface area contributed by atoms with E-state index in [-0.39, 0.29) is 0 Å². The minimum atomic E-state index is 0.744. The highest BCUT2D eigenvalue weighted by molar-refractivity contribution is 5.40. The molecule has 1 aromatic rings. The number of aryl methyl sites for hydroxylation is 1. The predicted molar refractivity (Wildman–Crippen MR) is 80.7 cm³/mol. The lowest BCUT2D eigenvalue weighted by atomic mass is 10.2. The van der Waals surface area contributed by atoms with Crippen molar-refractivity contribution in [2.24, 2.45) is 0 Å². The fraction of sp³-hybridized carbons (Fsp3) is 0.667. The maximum atomic E-state index is 5.37. The summed E-state index contributed by atoms with van der Waals surface area (Å²) in [5.74, 6) is 1.01. The quantitative estimate of drug-likeness (QED) is 0.696. The van der Waals surface area contributed by atoms with Crippen molar-refractivity contribution in [3.63, 3.8) is 0 Å². The van der Waals surface area contributed by atoms with E-state index in [1.54, 1.807) is 0 Å². The van der Waals surface area contributed by atoms with E-state index in [1.165, 1.54) is 5.56 Å². The van der Waals surface area contributed by atoms with Crippen molar-refractivity contribution < 1.29 is 4.74 Å². The SMILES string of the molecule is CCCNCc1ccc(N(C)CCOCC)nc1C. The fourth-order valence-electron chi connectivity index (χ4n) is 1.84. The second kappa shape index (κ2) is 8.88. The van der Waals surface area contributed by atoms with E-state index in [0.29, 0.717) is 0 Å². The molecule has 4 heteroatoms. The highest BCUT2D eigenvalue weighted by Gasteiger charge is 2.05. The number of anilines is 1. The van der Waals surface area contributed by atoms with Gasteiger partial charge < -0.3 is 15.0 Å².